The minimum atomic E-state index is -4.37. The van der Waals surface area contributed by atoms with Crippen LogP contribution in [-0.4, -0.2) is 64.3 Å². The molecule has 1 aromatic carbocycles. The Morgan fingerprint density at radius 3 is 2.44 bits per heavy atom. The largest absolute Gasteiger partial charge is 0.406 e. The Bertz CT molecular complexity index is 1410. The molecule has 41 heavy (non-hydrogen) atoms. The number of likely N-dealkylation sites (tertiary alicyclic amines) is 1. The number of anilines is 1. The second kappa shape index (κ2) is 13.0. The van der Waals surface area contributed by atoms with Crippen molar-refractivity contribution in [2.75, 3.05) is 38.0 Å². The van der Waals surface area contributed by atoms with Gasteiger partial charge in [-0.25, -0.2) is 0 Å². The lowest BCUT2D eigenvalue weighted by Crippen LogP contribution is -2.44. The standard InChI is InChI=1S/C32H39F3N6/c1-5-40(6-2)26-14-17-39(18-15-26)21-24-9-7-11-29-28(24)19-27(41(29)23-32(33,34)35)10-8-16-37-25-12-13-30(38-20-25)31(3,4)22-36/h7,9,11-13,19-20,26,37H,5-6,14-18,21,23H2,1-4H3. The van der Waals surface area contributed by atoms with Gasteiger partial charge in [0.05, 0.1) is 41.3 Å². The number of rotatable bonds is 9. The maximum atomic E-state index is 13.6. The molecule has 0 amide bonds. The first-order valence-electron chi connectivity index (χ1n) is 14.3. The van der Waals surface area contributed by atoms with Gasteiger partial charge in [-0.15, -0.1) is 0 Å². The SMILES string of the molecule is CCN(CC)C1CCN(Cc2cccc3c2cc(C#CCNc2ccc(C(C)(C)C#N)nc2)n3CC(F)(F)F)CC1. The molecule has 2 aromatic heterocycles. The number of nitrogens with one attached hydrogen (secondary N) is 1. The van der Waals surface area contributed by atoms with E-state index < -0.39 is 18.1 Å². The molecule has 0 unspecified atom stereocenters. The van der Waals surface area contributed by atoms with Crippen molar-refractivity contribution in [3.05, 3.63) is 59.5 Å². The van der Waals surface area contributed by atoms with E-state index in [-0.39, 0.29) is 6.54 Å². The van der Waals surface area contributed by atoms with E-state index >= 15 is 0 Å². The van der Waals surface area contributed by atoms with Crippen molar-refractivity contribution in [1.82, 2.24) is 19.4 Å². The zero-order valence-electron chi connectivity index (χ0n) is 24.4. The molecule has 3 heterocycles. The van der Waals surface area contributed by atoms with Gasteiger partial charge in [-0.3, -0.25) is 9.88 Å². The third kappa shape index (κ3) is 7.61. The number of fused-ring (bicyclic) bond motifs is 1. The van der Waals surface area contributed by atoms with E-state index in [1.54, 1.807) is 38.2 Å². The fourth-order valence-corrected chi connectivity index (χ4v) is 5.57. The van der Waals surface area contributed by atoms with Crippen LogP contribution in [0, 0.1) is 23.2 Å². The molecule has 218 valence electrons. The van der Waals surface area contributed by atoms with E-state index in [0.717, 1.165) is 55.7 Å². The molecule has 0 spiro atoms. The van der Waals surface area contributed by atoms with E-state index in [1.807, 2.05) is 18.2 Å². The van der Waals surface area contributed by atoms with Crippen LogP contribution in [0.5, 0.6) is 0 Å². The number of alkyl halides is 3. The van der Waals surface area contributed by atoms with Gasteiger partial charge in [-0.05, 0) is 88.6 Å². The Morgan fingerprint density at radius 1 is 1.10 bits per heavy atom. The molecular formula is C32H39F3N6. The molecule has 0 radical (unpaired) electrons. The highest BCUT2D eigenvalue weighted by Gasteiger charge is 2.30. The van der Waals surface area contributed by atoms with Gasteiger partial charge in [0.25, 0.3) is 0 Å². The maximum Gasteiger partial charge on any atom is 0.406 e. The van der Waals surface area contributed by atoms with Crippen molar-refractivity contribution < 1.29 is 13.2 Å². The van der Waals surface area contributed by atoms with Gasteiger partial charge < -0.3 is 14.8 Å². The second-order valence-corrected chi connectivity index (χ2v) is 11.1. The molecular weight excluding hydrogens is 525 g/mol. The van der Waals surface area contributed by atoms with Crippen LogP contribution in [0.3, 0.4) is 0 Å². The normalized spacial score (nSPS) is 15.1. The second-order valence-electron chi connectivity index (χ2n) is 11.1. The van der Waals surface area contributed by atoms with Crippen molar-refractivity contribution in [3.63, 3.8) is 0 Å². The van der Waals surface area contributed by atoms with E-state index in [0.29, 0.717) is 29.5 Å². The summed E-state index contributed by atoms with van der Waals surface area (Å²) in [6.07, 6.45) is -0.531. The summed E-state index contributed by atoms with van der Waals surface area (Å²) in [7, 11) is 0. The molecule has 3 aromatic rings. The lowest BCUT2D eigenvalue weighted by molar-refractivity contribution is -0.140. The molecule has 0 bridgehead atoms. The summed E-state index contributed by atoms with van der Waals surface area (Å²) in [5, 5.41) is 13.2. The average molecular weight is 565 g/mol. The van der Waals surface area contributed by atoms with Crippen molar-refractivity contribution in [2.24, 2.45) is 0 Å². The monoisotopic (exact) mass is 564 g/mol. The molecule has 1 aliphatic rings. The van der Waals surface area contributed by atoms with Crippen LogP contribution < -0.4 is 5.32 Å². The third-order valence-corrected chi connectivity index (χ3v) is 7.93. The molecule has 6 nitrogen and oxygen atoms in total. The summed E-state index contributed by atoms with van der Waals surface area (Å²) in [6, 6.07) is 13.8. The fraction of sp³-hybridized carbons (Fsp3) is 0.500. The van der Waals surface area contributed by atoms with E-state index in [4.69, 9.17) is 0 Å². The Hall–Kier alpha value is -3.53. The predicted octanol–water partition coefficient (Wildman–Crippen LogP) is 6.17. The van der Waals surface area contributed by atoms with E-state index in [1.165, 1.54) is 4.57 Å². The Labute approximate surface area is 241 Å². The predicted molar refractivity (Wildman–Crippen MR) is 157 cm³/mol. The zero-order valence-corrected chi connectivity index (χ0v) is 24.4. The summed E-state index contributed by atoms with van der Waals surface area (Å²) in [5.41, 5.74) is 2.62. The van der Waals surface area contributed by atoms with E-state index in [9.17, 15) is 18.4 Å². The van der Waals surface area contributed by atoms with Gasteiger partial charge in [-0.1, -0.05) is 31.9 Å². The molecule has 0 saturated carbocycles. The topological polar surface area (TPSA) is 60.1 Å². The van der Waals surface area contributed by atoms with Crippen molar-refractivity contribution in [2.45, 2.75) is 71.3 Å². The summed E-state index contributed by atoms with van der Waals surface area (Å²) in [5.74, 6) is 5.95. The van der Waals surface area contributed by atoms with Crippen molar-refractivity contribution >= 4 is 16.6 Å². The molecule has 0 aliphatic carbocycles. The number of aromatic nitrogens is 2. The number of pyridine rings is 1. The molecule has 0 atom stereocenters. The quantitative estimate of drug-likeness (QED) is 0.315. The van der Waals surface area contributed by atoms with Crippen LogP contribution in [0.4, 0.5) is 18.9 Å². The van der Waals surface area contributed by atoms with Crippen LogP contribution in [0.25, 0.3) is 10.9 Å². The van der Waals surface area contributed by atoms with Crippen LogP contribution in [0.2, 0.25) is 0 Å². The summed E-state index contributed by atoms with van der Waals surface area (Å²) >= 11 is 0. The number of hydrogen-bond acceptors (Lipinski definition) is 5. The Morgan fingerprint density at radius 2 is 1.83 bits per heavy atom. The summed E-state index contributed by atoms with van der Waals surface area (Å²) in [4.78, 5) is 9.27. The average Bonchev–Trinajstić information content (AvgIpc) is 3.29. The Kier molecular flexibility index (Phi) is 9.63. The van der Waals surface area contributed by atoms with Gasteiger partial charge in [0, 0.05) is 23.5 Å². The minimum absolute atomic E-state index is 0.241. The summed E-state index contributed by atoms with van der Waals surface area (Å²) in [6.45, 7) is 11.9. The number of nitriles is 1. The molecule has 4 rings (SSSR count). The minimum Gasteiger partial charge on any atom is -0.373 e. The smallest absolute Gasteiger partial charge is 0.373 e. The third-order valence-electron chi connectivity index (χ3n) is 7.93. The first kappa shape index (κ1) is 30.4. The van der Waals surface area contributed by atoms with Crippen LogP contribution in [0.15, 0.2) is 42.6 Å². The van der Waals surface area contributed by atoms with Gasteiger partial charge in [0.15, 0.2) is 0 Å². The van der Waals surface area contributed by atoms with Crippen molar-refractivity contribution in [1.29, 1.82) is 5.26 Å². The zero-order chi connectivity index (χ0) is 29.6. The molecule has 1 saturated heterocycles. The fourth-order valence-electron chi connectivity index (χ4n) is 5.57. The molecule has 1 N–H and O–H groups in total. The lowest BCUT2D eigenvalue weighted by atomic mass is 9.91. The highest BCUT2D eigenvalue weighted by molar-refractivity contribution is 5.86. The Balaban J connectivity index is 1.51. The molecule has 1 fully saturated rings. The maximum absolute atomic E-state index is 13.6. The van der Waals surface area contributed by atoms with Gasteiger partial charge in [0.2, 0.25) is 0 Å². The number of piperidine rings is 1. The van der Waals surface area contributed by atoms with Gasteiger partial charge in [-0.2, -0.15) is 18.4 Å². The first-order valence-corrected chi connectivity index (χ1v) is 14.3. The number of nitrogens with zero attached hydrogens (tertiary/aromatic N) is 5. The number of halogens is 3. The number of benzene rings is 1. The van der Waals surface area contributed by atoms with Crippen LogP contribution in [-0.2, 0) is 18.5 Å². The highest BCUT2D eigenvalue weighted by Crippen LogP contribution is 2.29. The van der Waals surface area contributed by atoms with Crippen LogP contribution >= 0.6 is 0 Å². The molecule has 1 aliphatic heterocycles. The van der Waals surface area contributed by atoms with Gasteiger partial charge in [0.1, 0.15) is 6.54 Å². The number of hydrogen-bond donors (Lipinski definition) is 1. The lowest BCUT2D eigenvalue weighted by Gasteiger charge is -2.37. The first-order chi connectivity index (χ1) is 19.5. The van der Waals surface area contributed by atoms with Crippen molar-refractivity contribution in [3.8, 4) is 17.9 Å². The summed E-state index contributed by atoms with van der Waals surface area (Å²) < 4.78 is 42.1. The molecule has 9 heteroatoms. The van der Waals surface area contributed by atoms with E-state index in [2.05, 4.69) is 51.9 Å². The van der Waals surface area contributed by atoms with Gasteiger partial charge >= 0.3 is 6.18 Å². The highest BCUT2D eigenvalue weighted by atomic mass is 19.4. The van der Waals surface area contributed by atoms with Crippen LogP contribution in [0.1, 0.15) is 57.5 Å².